The largest absolute Gasteiger partial charge is 0.353 e. The number of anilines is 1. The second-order valence-electron chi connectivity index (χ2n) is 4.63. The second-order valence-corrected chi connectivity index (χ2v) is 4.63. The smallest absolute Gasteiger partial charge is 0.332 e. The van der Waals surface area contributed by atoms with Gasteiger partial charge in [0.25, 0.3) is 5.78 Å². The molecule has 0 amide bonds. The summed E-state index contributed by atoms with van der Waals surface area (Å²) in [6.07, 6.45) is 0.430. The highest BCUT2D eigenvalue weighted by Crippen LogP contribution is 2.19. The van der Waals surface area contributed by atoms with Gasteiger partial charge in [-0.15, -0.1) is 0 Å². The van der Waals surface area contributed by atoms with E-state index in [9.17, 15) is 36.9 Å². The number of allylic oxidation sites excluding steroid dienone is 1. The fourth-order valence-electron chi connectivity index (χ4n) is 1.79. The number of hydrogen-bond acceptors (Lipinski definition) is 4. The zero-order valence-electron chi connectivity index (χ0n) is 12.0. The zero-order chi connectivity index (χ0) is 18.7. The predicted molar refractivity (Wildman–Crippen MR) is 75.7 cm³/mol. The van der Waals surface area contributed by atoms with Crippen LogP contribution in [0, 0.1) is 39.2 Å². The van der Waals surface area contributed by atoms with Gasteiger partial charge in [-0.3, -0.25) is 14.9 Å². The van der Waals surface area contributed by atoms with Crippen molar-refractivity contribution in [2.75, 3.05) is 5.32 Å². The third kappa shape index (κ3) is 3.97. The minimum Gasteiger partial charge on any atom is -0.353 e. The molecule has 0 saturated carbocycles. The predicted octanol–water partition coefficient (Wildman–Crippen LogP) is 3.80. The molecular weight excluding hydrogens is 351 g/mol. The fourth-order valence-corrected chi connectivity index (χ4v) is 1.79. The van der Waals surface area contributed by atoms with Crippen molar-refractivity contribution in [3.63, 3.8) is 0 Å². The Hall–Kier alpha value is -3.30. The molecule has 0 heterocycles. The first-order valence-electron chi connectivity index (χ1n) is 6.46. The van der Waals surface area contributed by atoms with Gasteiger partial charge in [0.05, 0.1) is 22.4 Å². The van der Waals surface area contributed by atoms with E-state index in [1.165, 1.54) is 0 Å². The van der Waals surface area contributed by atoms with Crippen LogP contribution in [0.25, 0.3) is 0 Å². The SMILES string of the molecule is O=C(/C(=C/Nc1ccc(F)cc1F)[N+](=O)[O-])c1cc(F)c(F)cc1F. The monoisotopic (exact) mass is 358 g/mol. The summed E-state index contributed by atoms with van der Waals surface area (Å²) < 4.78 is 65.8. The standard InChI is InChI=1S/C15H7F5N2O3/c16-7-1-2-13(12(20)3-7)21-6-14(22(24)25)15(23)8-4-10(18)11(19)5-9(8)17/h1-6,21H/b14-6-. The number of Topliss-reactive ketones (excluding diaryl/α,β-unsaturated/α-hetero) is 1. The minimum atomic E-state index is -1.58. The molecule has 0 aliphatic carbocycles. The van der Waals surface area contributed by atoms with Crippen LogP contribution in [0.15, 0.2) is 42.2 Å². The first kappa shape index (κ1) is 18.0. The van der Waals surface area contributed by atoms with Gasteiger partial charge in [0.15, 0.2) is 11.6 Å². The Kier molecular flexibility index (Phi) is 5.11. The summed E-state index contributed by atoms with van der Waals surface area (Å²) in [5.41, 5.74) is -2.75. The molecule has 0 spiro atoms. The summed E-state index contributed by atoms with van der Waals surface area (Å²) in [5, 5.41) is 13.0. The van der Waals surface area contributed by atoms with Gasteiger partial charge in [-0.05, 0) is 18.2 Å². The molecule has 25 heavy (non-hydrogen) atoms. The summed E-state index contributed by atoms with van der Waals surface area (Å²) in [6, 6.07) is 2.47. The molecule has 0 aromatic heterocycles. The quantitative estimate of drug-likeness (QED) is 0.220. The molecule has 2 aromatic rings. The molecule has 10 heteroatoms. The van der Waals surface area contributed by atoms with E-state index in [-0.39, 0.29) is 12.1 Å². The van der Waals surface area contributed by atoms with Crippen LogP contribution in [-0.2, 0) is 0 Å². The van der Waals surface area contributed by atoms with E-state index in [2.05, 4.69) is 5.32 Å². The Morgan fingerprint density at radius 1 is 0.960 bits per heavy atom. The van der Waals surface area contributed by atoms with Crippen LogP contribution in [0.5, 0.6) is 0 Å². The number of benzene rings is 2. The average Bonchev–Trinajstić information content (AvgIpc) is 2.52. The van der Waals surface area contributed by atoms with Crippen LogP contribution in [0.4, 0.5) is 27.6 Å². The topological polar surface area (TPSA) is 72.2 Å². The minimum absolute atomic E-state index is 0.0627. The van der Waals surface area contributed by atoms with E-state index in [0.717, 1.165) is 12.1 Å². The molecule has 0 fully saturated rings. The Morgan fingerprint density at radius 2 is 1.60 bits per heavy atom. The molecule has 0 atom stereocenters. The van der Waals surface area contributed by atoms with Gasteiger partial charge < -0.3 is 5.32 Å². The van der Waals surface area contributed by atoms with E-state index in [1.807, 2.05) is 0 Å². The van der Waals surface area contributed by atoms with Gasteiger partial charge >= 0.3 is 5.70 Å². The van der Waals surface area contributed by atoms with E-state index >= 15 is 0 Å². The number of ketones is 1. The van der Waals surface area contributed by atoms with Gasteiger partial charge in [0.2, 0.25) is 0 Å². The number of nitrogens with one attached hydrogen (secondary N) is 1. The third-order valence-corrected chi connectivity index (χ3v) is 2.98. The van der Waals surface area contributed by atoms with Gasteiger partial charge in [0, 0.05) is 12.1 Å². The van der Waals surface area contributed by atoms with Crippen molar-refractivity contribution in [3.05, 3.63) is 87.0 Å². The van der Waals surface area contributed by atoms with Crippen molar-refractivity contribution in [1.82, 2.24) is 0 Å². The lowest BCUT2D eigenvalue weighted by Gasteiger charge is -2.05. The van der Waals surface area contributed by atoms with Crippen molar-refractivity contribution in [3.8, 4) is 0 Å². The number of halogens is 5. The molecular formula is C15H7F5N2O3. The highest BCUT2D eigenvalue weighted by molar-refractivity contribution is 6.07. The van der Waals surface area contributed by atoms with Crippen LogP contribution in [-0.4, -0.2) is 10.7 Å². The number of rotatable bonds is 5. The van der Waals surface area contributed by atoms with Gasteiger partial charge in [-0.25, -0.2) is 22.0 Å². The number of nitrogens with zero attached hydrogens (tertiary/aromatic N) is 1. The van der Waals surface area contributed by atoms with Gasteiger partial charge in [0.1, 0.15) is 17.5 Å². The van der Waals surface area contributed by atoms with Crippen LogP contribution in [0.1, 0.15) is 10.4 Å². The first-order valence-corrected chi connectivity index (χ1v) is 6.46. The van der Waals surface area contributed by atoms with E-state index in [0.29, 0.717) is 12.3 Å². The number of hydrogen-bond donors (Lipinski definition) is 1. The summed E-state index contributed by atoms with van der Waals surface area (Å²) in [7, 11) is 0. The van der Waals surface area contributed by atoms with Crippen LogP contribution >= 0.6 is 0 Å². The lowest BCUT2D eigenvalue weighted by atomic mass is 10.1. The average molecular weight is 358 g/mol. The van der Waals surface area contributed by atoms with Crippen LogP contribution in [0.2, 0.25) is 0 Å². The Balaban J connectivity index is 2.39. The van der Waals surface area contributed by atoms with E-state index in [1.54, 1.807) is 0 Å². The maximum absolute atomic E-state index is 13.6. The van der Waals surface area contributed by atoms with Crippen LogP contribution < -0.4 is 5.32 Å². The molecule has 130 valence electrons. The van der Waals surface area contributed by atoms with Crippen molar-refractivity contribution in [1.29, 1.82) is 0 Å². The van der Waals surface area contributed by atoms with Crippen molar-refractivity contribution in [2.24, 2.45) is 0 Å². The summed E-state index contributed by atoms with van der Waals surface area (Å²) in [4.78, 5) is 21.7. The molecule has 0 aliphatic heterocycles. The van der Waals surface area contributed by atoms with E-state index in [4.69, 9.17) is 0 Å². The summed E-state index contributed by atoms with van der Waals surface area (Å²) >= 11 is 0. The molecule has 2 aromatic carbocycles. The van der Waals surface area contributed by atoms with Crippen molar-refractivity contribution in [2.45, 2.75) is 0 Å². The Labute approximate surface area is 136 Å². The van der Waals surface area contributed by atoms with Gasteiger partial charge in [-0.1, -0.05) is 0 Å². The second kappa shape index (κ2) is 7.07. The fraction of sp³-hybridized carbons (Fsp3) is 0. The summed E-state index contributed by atoms with van der Waals surface area (Å²) in [5.74, 6) is -8.25. The first-order chi connectivity index (χ1) is 11.7. The molecule has 0 saturated heterocycles. The normalized spacial score (nSPS) is 11.3. The van der Waals surface area contributed by atoms with Crippen LogP contribution in [0.3, 0.4) is 0 Å². The number of carbonyl (C=O) groups is 1. The maximum Gasteiger partial charge on any atom is 0.332 e. The molecule has 0 bridgehead atoms. The molecule has 1 N–H and O–H groups in total. The zero-order valence-corrected chi connectivity index (χ0v) is 12.0. The highest BCUT2D eigenvalue weighted by Gasteiger charge is 2.28. The lowest BCUT2D eigenvalue weighted by Crippen LogP contribution is -2.15. The molecule has 0 unspecified atom stereocenters. The lowest BCUT2D eigenvalue weighted by molar-refractivity contribution is -0.416. The van der Waals surface area contributed by atoms with Crippen molar-refractivity contribution < 1.29 is 31.7 Å². The summed E-state index contributed by atoms with van der Waals surface area (Å²) in [6.45, 7) is 0. The molecule has 2 rings (SSSR count). The molecule has 0 aliphatic rings. The Bertz CT molecular complexity index is 899. The molecule has 5 nitrogen and oxygen atoms in total. The number of nitro groups is 1. The highest BCUT2D eigenvalue weighted by atomic mass is 19.2. The molecule has 0 radical (unpaired) electrons. The third-order valence-electron chi connectivity index (χ3n) is 2.98. The van der Waals surface area contributed by atoms with Crippen molar-refractivity contribution >= 4 is 11.5 Å². The maximum atomic E-state index is 13.6. The van der Waals surface area contributed by atoms with E-state index < -0.39 is 56.7 Å². The Morgan fingerprint density at radius 3 is 2.20 bits per heavy atom. The van der Waals surface area contributed by atoms with Gasteiger partial charge in [-0.2, -0.15) is 0 Å². The number of carbonyl (C=O) groups excluding carboxylic acids is 1.